The van der Waals surface area contributed by atoms with Gasteiger partial charge in [0.15, 0.2) is 0 Å². The number of morpholine rings is 1. The zero-order chi connectivity index (χ0) is 15.6. The molecule has 0 atom stereocenters. The summed E-state index contributed by atoms with van der Waals surface area (Å²) in [5, 5.41) is 0. The van der Waals surface area contributed by atoms with Crippen LogP contribution in [0.15, 0.2) is 23.1 Å². The average Bonchev–Trinajstić information content (AvgIpc) is 2.47. The minimum absolute atomic E-state index is 0.0540. The van der Waals surface area contributed by atoms with Gasteiger partial charge in [0.05, 0.1) is 23.7 Å². The number of nitrogens with zero attached hydrogens (tertiary/aromatic N) is 2. The highest BCUT2D eigenvalue weighted by Gasteiger charge is 2.24. The lowest BCUT2D eigenvalue weighted by molar-refractivity contribution is 0.0303. The summed E-state index contributed by atoms with van der Waals surface area (Å²) in [7, 11) is -0.719. The first kappa shape index (κ1) is 15.7. The summed E-state index contributed by atoms with van der Waals surface area (Å²) in [5.74, 6) is -0.272. The van der Waals surface area contributed by atoms with E-state index in [-0.39, 0.29) is 22.1 Å². The zero-order valence-corrected chi connectivity index (χ0v) is 12.9. The van der Waals surface area contributed by atoms with Crippen molar-refractivity contribution in [3.05, 3.63) is 23.8 Å². The van der Waals surface area contributed by atoms with Crippen molar-refractivity contribution < 1.29 is 17.9 Å². The van der Waals surface area contributed by atoms with Gasteiger partial charge >= 0.3 is 0 Å². The largest absolute Gasteiger partial charge is 0.398 e. The SMILES string of the molecule is CN(C)S(=O)(=O)c1ccc(N)c(C(=O)N2CCOCC2)c1. The number of ether oxygens (including phenoxy) is 1. The number of hydrogen-bond acceptors (Lipinski definition) is 5. The zero-order valence-electron chi connectivity index (χ0n) is 12.1. The van der Waals surface area contributed by atoms with Crippen LogP contribution in [0.5, 0.6) is 0 Å². The molecule has 1 fully saturated rings. The Kier molecular flexibility index (Phi) is 4.50. The molecule has 1 aromatic carbocycles. The van der Waals surface area contributed by atoms with Crippen molar-refractivity contribution in [3.8, 4) is 0 Å². The molecule has 7 nitrogen and oxygen atoms in total. The van der Waals surface area contributed by atoms with Crippen molar-refractivity contribution in [2.75, 3.05) is 46.1 Å². The van der Waals surface area contributed by atoms with Crippen molar-refractivity contribution in [1.29, 1.82) is 0 Å². The molecule has 0 bridgehead atoms. The van der Waals surface area contributed by atoms with Crippen LogP contribution in [0.3, 0.4) is 0 Å². The number of nitrogen functional groups attached to an aromatic ring is 1. The molecule has 1 heterocycles. The fourth-order valence-corrected chi connectivity index (χ4v) is 2.96. The molecular formula is C13H19N3O4S. The first-order valence-electron chi connectivity index (χ1n) is 6.53. The highest BCUT2D eigenvalue weighted by Crippen LogP contribution is 2.21. The summed E-state index contributed by atoms with van der Waals surface area (Å²) in [4.78, 5) is 14.1. The predicted molar refractivity (Wildman–Crippen MR) is 78.4 cm³/mol. The number of carbonyl (C=O) groups excluding carboxylic acids is 1. The smallest absolute Gasteiger partial charge is 0.256 e. The van der Waals surface area contributed by atoms with Crippen molar-refractivity contribution in [3.63, 3.8) is 0 Å². The Morgan fingerprint density at radius 1 is 1.29 bits per heavy atom. The van der Waals surface area contributed by atoms with Crippen LogP contribution in [0.4, 0.5) is 5.69 Å². The van der Waals surface area contributed by atoms with Crippen LogP contribution in [-0.4, -0.2) is 63.9 Å². The second kappa shape index (κ2) is 6.00. The van der Waals surface area contributed by atoms with Crippen molar-refractivity contribution in [2.24, 2.45) is 0 Å². The Labute approximate surface area is 124 Å². The number of benzene rings is 1. The molecule has 0 aromatic heterocycles. The summed E-state index contributed by atoms with van der Waals surface area (Å²) in [6.07, 6.45) is 0. The van der Waals surface area contributed by atoms with Gasteiger partial charge in [0, 0.05) is 32.9 Å². The van der Waals surface area contributed by atoms with E-state index < -0.39 is 10.0 Å². The lowest BCUT2D eigenvalue weighted by Crippen LogP contribution is -2.41. The number of rotatable bonds is 3. The van der Waals surface area contributed by atoms with E-state index in [1.807, 2.05) is 0 Å². The van der Waals surface area contributed by atoms with E-state index >= 15 is 0 Å². The van der Waals surface area contributed by atoms with Gasteiger partial charge in [0.1, 0.15) is 0 Å². The van der Waals surface area contributed by atoms with E-state index in [1.54, 1.807) is 4.90 Å². The van der Waals surface area contributed by atoms with E-state index in [9.17, 15) is 13.2 Å². The molecule has 0 spiro atoms. The fourth-order valence-electron chi connectivity index (χ4n) is 2.03. The third kappa shape index (κ3) is 3.17. The van der Waals surface area contributed by atoms with Crippen LogP contribution < -0.4 is 5.73 Å². The third-order valence-electron chi connectivity index (χ3n) is 3.33. The molecule has 1 aliphatic rings. The predicted octanol–water partition coefficient (Wildman–Crippen LogP) is -0.00850. The average molecular weight is 313 g/mol. The summed E-state index contributed by atoms with van der Waals surface area (Å²) in [5.41, 5.74) is 6.31. The molecular weight excluding hydrogens is 294 g/mol. The van der Waals surface area contributed by atoms with Gasteiger partial charge in [-0.15, -0.1) is 0 Å². The van der Waals surface area contributed by atoms with E-state index in [0.29, 0.717) is 26.3 Å². The number of carbonyl (C=O) groups is 1. The molecule has 1 aliphatic heterocycles. The van der Waals surface area contributed by atoms with Crippen molar-refractivity contribution in [2.45, 2.75) is 4.90 Å². The van der Waals surface area contributed by atoms with Crippen molar-refractivity contribution >= 4 is 21.6 Å². The monoisotopic (exact) mass is 313 g/mol. The minimum Gasteiger partial charge on any atom is -0.398 e. The Morgan fingerprint density at radius 2 is 1.90 bits per heavy atom. The van der Waals surface area contributed by atoms with E-state index in [4.69, 9.17) is 10.5 Å². The Morgan fingerprint density at radius 3 is 2.48 bits per heavy atom. The van der Waals surface area contributed by atoms with Gasteiger partial charge in [0.25, 0.3) is 5.91 Å². The van der Waals surface area contributed by atoms with Gasteiger partial charge in [-0.05, 0) is 18.2 Å². The van der Waals surface area contributed by atoms with Gasteiger partial charge in [-0.1, -0.05) is 0 Å². The lowest BCUT2D eigenvalue weighted by Gasteiger charge is -2.27. The highest BCUT2D eigenvalue weighted by atomic mass is 32.2. The van der Waals surface area contributed by atoms with Gasteiger partial charge < -0.3 is 15.4 Å². The minimum atomic E-state index is -3.60. The maximum Gasteiger partial charge on any atom is 0.256 e. The van der Waals surface area contributed by atoms with E-state index in [0.717, 1.165) is 4.31 Å². The Hall–Kier alpha value is -1.64. The summed E-state index contributed by atoms with van der Waals surface area (Å²) < 4.78 is 30.6. The van der Waals surface area contributed by atoms with Crippen molar-refractivity contribution in [1.82, 2.24) is 9.21 Å². The summed E-state index contributed by atoms with van der Waals surface area (Å²) in [6, 6.07) is 4.19. The van der Waals surface area contributed by atoms with E-state index in [1.165, 1.54) is 32.3 Å². The summed E-state index contributed by atoms with van der Waals surface area (Å²) >= 11 is 0. The molecule has 0 radical (unpaired) electrons. The fraction of sp³-hybridized carbons (Fsp3) is 0.462. The van der Waals surface area contributed by atoms with Gasteiger partial charge in [-0.2, -0.15) is 0 Å². The van der Waals surface area contributed by atoms with Crippen LogP contribution in [-0.2, 0) is 14.8 Å². The topological polar surface area (TPSA) is 92.9 Å². The molecule has 0 aliphatic carbocycles. The quantitative estimate of drug-likeness (QED) is 0.792. The first-order valence-corrected chi connectivity index (χ1v) is 7.97. The molecule has 0 unspecified atom stereocenters. The second-order valence-corrected chi connectivity index (χ2v) is 7.09. The molecule has 2 rings (SSSR count). The van der Waals surface area contributed by atoms with Crippen LogP contribution in [0.2, 0.25) is 0 Å². The third-order valence-corrected chi connectivity index (χ3v) is 5.14. The molecule has 1 aromatic rings. The molecule has 21 heavy (non-hydrogen) atoms. The molecule has 0 saturated carbocycles. The lowest BCUT2D eigenvalue weighted by atomic mass is 10.1. The highest BCUT2D eigenvalue weighted by molar-refractivity contribution is 7.89. The van der Waals surface area contributed by atoms with Gasteiger partial charge in [-0.25, -0.2) is 12.7 Å². The van der Waals surface area contributed by atoms with E-state index in [2.05, 4.69) is 0 Å². The molecule has 1 saturated heterocycles. The maximum atomic E-state index is 12.5. The number of hydrogen-bond donors (Lipinski definition) is 1. The second-order valence-electron chi connectivity index (χ2n) is 4.94. The first-order chi connectivity index (χ1) is 9.84. The molecule has 116 valence electrons. The van der Waals surface area contributed by atoms with Gasteiger partial charge in [-0.3, -0.25) is 4.79 Å². The molecule has 8 heteroatoms. The molecule has 1 amide bonds. The van der Waals surface area contributed by atoms with Crippen LogP contribution in [0.25, 0.3) is 0 Å². The molecule has 2 N–H and O–H groups in total. The van der Waals surface area contributed by atoms with Crippen LogP contribution in [0.1, 0.15) is 10.4 Å². The number of anilines is 1. The number of sulfonamides is 1. The van der Waals surface area contributed by atoms with Crippen LogP contribution in [0, 0.1) is 0 Å². The number of amides is 1. The maximum absolute atomic E-state index is 12.5. The summed E-state index contributed by atoms with van der Waals surface area (Å²) in [6.45, 7) is 1.90. The Bertz CT molecular complexity index is 637. The van der Waals surface area contributed by atoms with Gasteiger partial charge in [0.2, 0.25) is 10.0 Å². The standard InChI is InChI=1S/C13H19N3O4S/c1-15(2)21(18,19)10-3-4-12(14)11(9-10)13(17)16-5-7-20-8-6-16/h3-4,9H,5-8,14H2,1-2H3. The normalized spacial score (nSPS) is 16.2. The van der Waals surface area contributed by atoms with Crippen LogP contribution >= 0.6 is 0 Å². The number of nitrogens with two attached hydrogens (primary N) is 1. The Balaban J connectivity index is 2.37.